The molecule has 4 heteroatoms. The minimum Gasteiger partial charge on any atom is -0.481 e. The maximum Gasteiger partial charge on any atom is 0.300 e. The predicted molar refractivity (Wildman–Crippen MR) is 54.3 cm³/mol. The summed E-state index contributed by atoms with van der Waals surface area (Å²) in [5.74, 6) is -0.369. The van der Waals surface area contributed by atoms with Gasteiger partial charge in [0.2, 0.25) is 0 Å². The molecule has 0 aromatic carbocycles. The number of methoxy groups -OCH3 is 1. The number of ketones is 1. The topological polar surface area (TPSA) is 63.6 Å². The van der Waals surface area contributed by atoms with Crippen molar-refractivity contribution in [2.75, 3.05) is 14.2 Å². The first-order chi connectivity index (χ1) is 6.54. The summed E-state index contributed by atoms with van der Waals surface area (Å²) < 4.78 is 4.25. The molecule has 0 atom stereocenters. The second kappa shape index (κ2) is 12.1. The second-order valence-corrected chi connectivity index (χ2v) is 3.03. The Hall–Kier alpha value is -0.900. The molecule has 0 heterocycles. The van der Waals surface area contributed by atoms with Crippen molar-refractivity contribution in [1.29, 1.82) is 0 Å². The molecule has 0 saturated heterocycles. The molecule has 1 aliphatic carbocycles. The van der Waals surface area contributed by atoms with Crippen LogP contribution >= 0.6 is 0 Å². The van der Waals surface area contributed by atoms with Gasteiger partial charge in [-0.3, -0.25) is 9.59 Å². The van der Waals surface area contributed by atoms with E-state index in [0.29, 0.717) is 5.78 Å². The summed E-state index contributed by atoms with van der Waals surface area (Å²) in [6.07, 6.45) is 5.24. The largest absolute Gasteiger partial charge is 0.481 e. The lowest BCUT2D eigenvalue weighted by Crippen LogP contribution is -2.02. The lowest BCUT2D eigenvalue weighted by molar-refractivity contribution is -0.134. The van der Waals surface area contributed by atoms with Crippen LogP contribution in [0.3, 0.4) is 0 Å². The van der Waals surface area contributed by atoms with E-state index in [1.54, 1.807) is 14.2 Å². The highest BCUT2D eigenvalue weighted by Gasteiger charge is 2.05. The van der Waals surface area contributed by atoms with E-state index in [1.807, 2.05) is 0 Å². The molecule has 1 rings (SSSR count). The fourth-order valence-electron chi connectivity index (χ4n) is 0.946. The first kappa shape index (κ1) is 15.6. The van der Waals surface area contributed by atoms with Crippen LogP contribution in [-0.4, -0.2) is 31.1 Å². The van der Waals surface area contributed by atoms with Crippen LogP contribution in [0.15, 0.2) is 0 Å². The Kier molecular flexibility index (Phi) is 13.5. The minimum absolute atomic E-state index is 0.464. The molecule has 0 aliphatic heterocycles. The average Bonchev–Trinajstić information content (AvgIpc) is 2.05. The normalized spacial score (nSPS) is 14.4. The van der Waals surface area contributed by atoms with E-state index >= 15 is 0 Å². The van der Waals surface area contributed by atoms with Gasteiger partial charge in [-0.2, -0.15) is 0 Å². The van der Waals surface area contributed by atoms with Crippen molar-refractivity contribution >= 4 is 11.8 Å². The van der Waals surface area contributed by atoms with Crippen LogP contribution in [0.5, 0.6) is 0 Å². The lowest BCUT2D eigenvalue weighted by Gasteiger charge is -2.05. The highest BCUT2D eigenvalue weighted by molar-refractivity contribution is 5.78. The summed E-state index contributed by atoms with van der Waals surface area (Å²) >= 11 is 0. The summed E-state index contributed by atoms with van der Waals surface area (Å²) in [7, 11) is 3.25. The molecule has 4 nitrogen and oxygen atoms in total. The fraction of sp³-hybridized carbons (Fsp3) is 0.800. The zero-order chi connectivity index (χ0) is 11.4. The molecule has 0 aromatic heterocycles. The molecule has 0 aromatic rings. The Labute approximate surface area is 85.3 Å². The van der Waals surface area contributed by atoms with E-state index in [4.69, 9.17) is 9.90 Å². The first-order valence-electron chi connectivity index (χ1n) is 4.66. The van der Waals surface area contributed by atoms with Crippen molar-refractivity contribution in [3.8, 4) is 0 Å². The number of carbonyl (C=O) groups is 2. The molecule has 14 heavy (non-hydrogen) atoms. The number of Topliss-reactive ketones (excluding diaryl/α,β-unsaturated/α-hetero) is 1. The predicted octanol–water partition coefficient (Wildman–Crippen LogP) is 1.87. The number of carboxylic acid groups (broad SMARTS) is 1. The molecule has 0 unspecified atom stereocenters. The Morgan fingerprint density at radius 3 is 1.64 bits per heavy atom. The Balaban J connectivity index is 0. The van der Waals surface area contributed by atoms with Gasteiger partial charge in [0.1, 0.15) is 5.78 Å². The first-order valence-corrected chi connectivity index (χ1v) is 4.66. The minimum atomic E-state index is -0.833. The van der Waals surface area contributed by atoms with Crippen molar-refractivity contribution in [3.05, 3.63) is 0 Å². The highest BCUT2D eigenvalue weighted by atomic mass is 16.4. The van der Waals surface area contributed by atoms with E-state index in [9.17, 15) is 4.79 Å². The standard InChI is InChI=1S/C6H10O.C2H4O2.C2H6O/c7-6-4-2-1-3-5-6;1-2(3)4;1-3-2/h1-5H2;1H3,(H,3,4);1-2H3. The smallest absolute Gasteiger partial charge is 0.300 e. The van der Waals surface area contributed by atoms with Crippen molar-refractivity contribution in [1.82, 2.24) is 0 Å². The number of carbonyl (C=O) groups excluding carboxylic acids is 1. The van der Waals surface area contributed by atoms with Crippen molar-refractivity contribution < 1.29 is 19.4 Å². The molecule has 84 valence electrons. The maximum absolute atomic E-state index is 10.5. The van der Waals surface area contributed by atoms with Gasteiger partial charge in [-0.1, -0.05) is 6.42 Å². The van der Waals surface area contributed by atoms with Crippen LogP contribution in [0.2, 0.25) is 0 Å². The number of ether oxygens (including phenoxy) is 1. The molecule has 1 N–H and O–H groups in total. The summed E-state index contributed by atoms with van der Waals surface area (Å²) in [6.45, 7) is 1.08. The zero-order valence-electron chi connectivity index (χ0n) is 9.21. The quantitative estimate of drug-likeness (QED) is 0.654. The van der Waals surface area contributed by atoms with E-state index in [1.165, 1.54) is 6.42 Å². The van der Waals surface area contributed by atoms with Crippen molar-refractivity contribution in [3.63, 3.8) is 0 Å². The number of aliphatic carboxylic acids is 1. The van der Waals surface area contributed by atoms with Crippen LogP contribution in [0.1, 0.15) is 39.0 Å². The van der Waals surface area contributed by atoms with E-state index < -0.39 is 5.97 Å². The number of carboxylic acids is 1. The van der Waals surface area contributed by atoms with E-state index in [2.05, 4.69) is 4.74 Å². The molecule has 1 fully saturated rings. The van der Waals surface area contributed by atoms with Gasteiger partial charge in [-0.05, 0) is 12.8 Å². The fourth-order valence-corrected chi connectivity index (χ4v) is 0.946. The maximum atomic E-state index is 10.5. The van der Waals surface area contributed by atoms with Gasteiger partial charge in [-0.25, -0.2) is 0 Å². The van der Waals surface area contributed by atoms with Gasteiger partial charge < -0.3 is 9.84 Å². The van der Waals surface area contributed by atoms with Crippen LogP contribution in [0, 0.1) is 0 Å². The Bertz CT molecular complexity index is 142. The van der Waals surface area contributed by atoms with Crippen LogP contribution in [0.25, 0.3) is 0 Å². The zero-order valence-corrected chi connectivity index (χ0v) is 9.21. The second-order valence-electron chi connectivity index (χ2n) is 3.03. The molecule has 1 saturated carbocycles. The summed E-state index contributed by atoms with van der Waals surface area (Å²) in [5.41, 5.74) is 0. The lowest BCUT2D eigenvalue weighted by atomic mass is 10.00. The molecular weight excluding hydrogens is 184 g/mol. The SMILES string of the molecule is CC(=O)O.COC.O=C1CCCCC1. The molecule has 1 aliphatic rings. The summed E-state index contributed by atoms with van der Waals surface area (Å²) in [6, 6.07) is 0. The van der Waals surface area contributed by atoms with Gasteiger partial charge in [-0.15, -0.1) is 0 Å². The van der Waals surface area contributed by atoms with Crippen molar-refractivity contribution in [2.45, 2.75) is 39.0 Å². The molecule has 0 bridgehead atoms. The van der Waals surface area contributed by atoms with Gasteiger partial charge in [0.05, 0.1) is 0 Å². The Morgan fingerprint density at radius 2 is 1.50 bits per heavy atom. The molecule has 0 amide bonds. The van der Waals surface area contributed by atoms with Crippen LogP contribution < -0.4 is 0 Å². The van der Waals surface area contributed by atoms with Gasteiger partial charge >= 0.3 is 0 Å². The summed E-state index contributed by atoms with van der Waals surface area (Å²) in [4.78, 5) is 19.5. The van der Waals surface area contributed by atoms with Gasteiger partial charge in [0.15, 0.2) is 0 Å². The van der Waals surface area contributed by atoms with Gasteiger partial charge in [0, 0.05) is 34.0 Å². The number of rotatable bonds is 0. The monoisotopic (exact) mass is 204 g/mol. The van der Waals surface area contributed by atoms with E-state index in [-0.39, 0.29) is 0 Å². The van der Waals surface area contributed by atoms with E-state index in [0.717, 1.165) is 32.6 Å². The third kappa shape index (κ3) is 22.5. The van der Waals surface area contributed by atoms with Gasteiger partial charge in [0.25, 0.3) is 5.97 Å². The summed E-state index contributed by atoms with van der Waals surface area (Å²) in [5, 5.41) is 7.42. The highest BCUT2D eigenvalue weighted by Crippen LogP contribution is 2.12. The number of hydrogen-bond acceptors (Lipinski definition) is 3. The average molecular weight is 204 g/mol. The van der Waals surface area contributed by atoms with Crippen molar-refractivity contribution in [2.24, 2.45) is 0 Å². The molecule has 0 radical (unpaired) electrons. The van der Waals surface area contributed by atoms with Crippen LogP contribution in [-0.2, 0) is 14.3 Å². The molecule has 0 spiro atoms. The molecular formula is C10H20O4. The number of hydrogen-bond donors (Lipinski definition) is 1. The Morgan fingerprint density at radius 1 is 1.21 bits per heavy atom. The van der Waals surface area contributed by atoms with Crippen LogP contribution in [0.4, 0.5) is 0 Å². The third-order valence-corrected chi connectivity index (χ3v) is 1.41. The third-order valence-electron chi connectivity index (χ3n) is 1.41.